The number of carbonyl (C=O) groups is 1. The van der Waals surface area contributed by atoms with E-state index in [0.29, 0.717) is 10.3 Å². The van der Waals surface area contributed by atoms with E-state index in [-0.39, 0.29) is 5.56 Å². The van der Waals surface area contributed by atoms with Gasteiger partial charge in [-0.2, -0.15) is 0 Å². The summed E-state index contributed by atoms with van der Waals surface area (Å²) in [5.41, 5.74) is 1.18. The fourth-order valence-corrected chi connectivity index (χ4v) is 2.37. The number of carboxylic acids is 1. The molecule has 0 atom stereocenters. The van der Waals surface area contributed by atoms with Gasteiger partial charge in [-0.25, -0.2) is 9.78 Å². The summed E-state index contributed by atoms with van der Waals surface area (Å²) in [5, 5.41) is 8.94. The molecule has 0 saturated carbocycles. The largest absolute Gasteiger partial charge is 0.478 e. The lowest BCUT2D eigenvalue weighted by Crippen LogP contribution is -2.18. The fraction of sp³-hybridized carbons (Fsp3) is 0.143. The highest BCUT2D eigenvalue weighted by molar-refractivity contribution is 9.10. The van der Waals surface area contributed by atoms with Gasteiger partial charge in [-0.1, -0.05) is 18.2 Å². The minimum absolute atomic E-state index is 0.166. The molecule has 98 valence electrons. The van der Waals surface area contributed by atoms with Crippen LogP contribution in [0.4, 0.5) is 11.5 Å². The van der Waals surface area contributed by atoms with E-state index >= 15 is 0 Å². The first-order valence-corrected chi connectivity index (χ1v) is 6.64. The molecular formula is C14H13BrN2O2. The van der Waals surface area contributed by atoms with Gasteiger partial charge in [-0.05, 0) is 41.1 Å². The molecule has 0 aliphatic carbocycles. The number of nitrogens with zero attached hydrogens (tertiary/aromatic N) is 2. The second-order valence-electron chi connectivity index (χ2n) is 3.91. The highest BCUT2D eigenvalue weighted by Gasteiger charge is 2.14. The molecule has 0 spiro atoms. The van der Waals surface area contributed by atoms with Gasteiger partial charge in [0.05, 0.1) is 10.0 Å². The second kappa shape index (κ2) is 5.84. The molecule has 5 heteroatoms. The molecule has 0 saturated heterocycles. The number of carboxylic acid groups (broad SMARTS) is 1. The summed E-state index contributed by atoms with van der Waals surface area (Å²) in [6.45, 7) is 2.76. The van der Waals surface area contributed by atoms with E-state index < -0.39 is 5.97 Å². The highest BCUT2D eigenvalue weighted by Crippen LogP contribution is 2.30. The molecule has 1 N–H and O–H groups in total. The van der Waals surface area contributed by atoms with Crippen LogP contribution < -0.4 is 4.90 Å². The van der Waals surface area contributed by atoms with Crippen LogP contribution in [-0.2, 0) is 0 Å². The third-order valence-corrected chi connectivity index (χ3v) is 3.29. The maximum atomic E-state index is 10.9. The van der Waals surface area contributed by atoms with Crippen molar-refractivity contribution < 1.29 is 9.90 Å². The molecule has 4 nitrogen and oxygen atoms in total. The Bertz CT molecular complexity index is 587. The highest BCUT2D eigenvalue weighted by atomic mass is 79.9. The lowest BCUT2D eigenvalue weighted by Gasteiger charge is -2.23. The molecule has 0 aliphatic heterocycles. The molecule has 1 heterocycles. The smallest absolute Gasteiger partial charge is 0.337 e. The molecule has 0 aliphatic rings. The average Bonchev–Trinajstić information content (AvgIpc) is 2.42. The maximum absolute atomic E-state index is 10.9. The van der Waals surface area contributed by atoms with Crippen LogP contribution >= 0.6 is 15.9 Å². The number of aromatic carboxylic acids is 1. The molecule has 1 aromatic carbocycles. The summed E-state index contributed by atoms with van der Waals surface area (Å²) in [6, 6.07) is 11.4. The Morgan fingerprint density at radius 2 is 2.05 bits per heavy atom. The molecule has 0 amide bonds. The van der Waals surface area contributed by atoms with Crippen molar-refractivity contribution in [2.75, 3.05) is 11.4 Å². The molecule has 0 unspecified atom stereocenters. The van der Waals surface area contributed by atoms with Crippen molar-refractivity contribution in [3.05, 3.63) is 52.6 Å². The van der Waals surface area contributed by atoms with E-state index in [2.05, 4.69) is 20.9 Å². The Morgan fingerprint density at radius 1 is 1.37 bits per heavy atom. The summed E-state index contributed by atoms with van der Waals surface area (Å²) < 4.78 is 0.665. The minimum Gasteiger partial charge on any atom is -0.478 e. The Balaban J connectivity index is 2.42. The van der Waals surface area contributed by atoms with Gasteiger partial charge in [-0.15, -0.1) is 0 Å². The third-order valence-electron chi connectivity index (χ3n) is 2.71. The first kappa shape index (κ1) is 13.5. The summed E-state index contributed by atoms with van der Waals surface area (Å²) >= 11 is 3.39. The van der Waals surface area contributed by atoms with Crippen molar-refractivity contribution in [2.24, 2.45) is 0 Å². The molecule has 0 radical (unpaired) electrons. The van der Waals surface area contributed by atoms with Crippen LogP contribution in [0.25, 0.3) is 0 Å². The predicted molar refractivity (Wildman–Crippen MR) is 78.0 cm³/mol. The molecule has 19 heavy (non-hydrogen) atoms. The van der Waals surface area contributed by atoms with Gasteiger partial charge in [0, 0.05) is 18.4 Å². The van der Waals surface area contributed by atoms with Gasteiger partial charge in [-0.3, -0.25) is 0 Å². The normalized spacial score (nSPS) is 10.2. The van der Waals surface area contributed by atoms with Crippen LogP contribution in [-0.4, -0.2) is 22.6 Å². The van der Waals surface area contributed by atoms with E-state index in [0.717, 1.165) is 12.2 Å². The van der Waals surface area contributed by atoms with Crippen LogP contribution in [0.1, 0.15) is 17.3 Å². The van der Waals surface area contributed by atoms with E-state index in [9.17, 15) is 4.79 Å². The summed E-state index contributed by atoms with van der Waals surface area (Å²) in [7, 11) is 0. The van der Waals surface area contributed by atoms with E-state index in [1.807, 2.05) is 42.2 Å². The molecule has 1 aromatic heterocycles. The quantitative estimate of drug-likeness (QED) is 0.933. The topological polar surface area (TPSA) is 53.4 Å². The van der Waals surface area contributed by atoms with Gasteiger partial charge in [0.1, 0.15) is 5.82 Å². The Hall–Kier alpha value is -1.88. The third kappa shape index (κ3) is 2.93. The van der Waals surface area contributed by atoms with Crippen LogP contribution in [0.15, 0.2) is 47.1 Å². The number of benzene rings is 1. The van der Waals surface area contributed by atoms with Crippen molar-refractivity contribution in [3.8, 4) is 0 Å². The van der Waals surface area contributed by atoms with E-state index in [1.165, 1.54) is 6.20 Å². The Labute approximate surface area is 119 Å². The van der Waals surface area contributed by atoms with Gasteiger partial charge in [0.15, 0.2) is 0 Å². The van der Waals surface area contributed by atoms with Crippen molar-refractivity contribution in [1.29, 1.82) is 0 Å². The van der Waals surface area contributed by atoms with Crippen LogP contribution in [0.2, 0.25) is 0 Å². The summed E-state index contributed by atoms with van der Waals surface area (Å²) in [6.07, 6.45) is 1.37. The number of hydrogen-bond acceptors (Lipinski definition) is 3. The number of anilines is 2. The van der Waals surface area contributed by atoms with Crippen molar-refractivity contribution in [2.45, 2.75) is 6.92 Å². The zero-order valence-electron chi connectivity index (χ0n) is 10.4. The number of halogens is 1. The Morgan fingerprint density at radius 3 is 2.58 bits per heavy atom. The molecule has 0 fully saturated rings. The maximum Gasteiger partial charge on any atom is 0.337 e. The zero-order valence-corrected chi connectivity index (χ0v) is 12.0. The lowest BCUT2D eigenvalue weighted by atomic mass is 10.2. The number of pyridine rings is 1. The molecular weight excluding hydrogens is 308 g/mol. The monoisotopic (exact) mass is 320 g/mol. The second-order valence-corrected chi connectivity index (χ2v) is 4.77. The van der Waals surface area contributed by atoms with Crippen molar-refractivity contribution in [1.82, 2.24) is 4.98 Å². The number of rotatable bonds is 4. The van der Waals surface area contributed by atoms with Crippen LogP contribution in [0.3, 0.4) is 0 Å². The van der Waals surface area contributed by atoms with Crippen LogP contribution in [0, 0.1) is 0 Å². The van der Waals surface area contributed by atoms with Crippen molar-refractivity contribution >= 4 is 33.4 Å². The average molecular weight is 321 g/mol. The minimum atomic E-state index is -0.984. The fourth-order valence-electron chi connectivity index (χ4n) is 1.81. The first-order chi connectivity index (χ1) is 9.13. The Kier molecular flexibility index (Phi) is 4.16. The van der Waals surface area contributed by atoms with Gasteiger partial charge in [0.25, 0.3) is 0 Å². The molecule has 2 rings (SSSR count). The van der Waals surface area contributed by atoms with Gasteiger partial charge in [0.2, 0.25) is 0 Å². The van der Waals surface area contributed by atoms with E-state index in [1.54, 1.807) is 6.07 Å². The number of aromatic nitrogens is 1. The summed E-state index contributed by atoms with van der Waals surface area (Å²) in [4.78, 5) is 17.2. The number of para-hydroxylation sites is 1. The van der Waals surface area contributed by atoms with Gasteiger partial charge >= 0.3 is 5.97 Å². The lowest BCUT2D eigenvalue weighted by molar-refractivity contribution is 0.0696. The van der Waals surface area contributed by atoms with Crippen molar-refractivity contribution in [3.63, 3.8) is 0 Å². The van der Waals surface area contributed by atoms with Crippen LogP contribution in [0.5, 0.6) is 0 Å². The molecule has 0 bridgehead atoms. The van der Waals surface area contributed by atoms with E-state index in [4.69, 9.17) is 5.11 Å². The first-order valence-electron chi connectivity index (χ1n) is 5.85. The SMILES string of the molecule is CCN(c1ccccc1)c1ncc(C(=O)O)cc1Br. The van der Waals surface area contributed by atoms with Gasteiger partial charge < -0.3 is 10.0 Å². The predicted octanol–water partition coefficient (Wildman–Crippen LogP) is 3.70. The summed E-state index contributed by atoms with van der Waals surface area (Å²) in [5.74, 6) is -0.277. The zero-order chi connectivity index (χ0) is 13.8. The standard InChI is InChI=1S/C14H13BrN2O2/c1-2-17(11-6-4-3-5-7-11)13-12(15)8-10(9-16-13)14(18)19/h3-9H,2H2,1H3,(H,18,19). The number of hydrogen-bond donors (Lipinski definition) is 1. The molecule has 2 aromatic rings.